The summed E-state index contributed by atoms with van der Waals surface area (Å²) in [5.41, 5.74) is 1.65. The molecule has 0 aliphatic carbocycles. The normalized spacial score (nSPS) is 10.5. The van der Waals surface area contributed by atoms with Gasteiger partial charge in [-0.05, 0) is 13.0 Å². The number of carbonyl (C=O) groups is 1. The summed E-state index contributed by atoms with van der Waals surface area (Å²) < 4.78 is 0. The smallest absolute Gasteiger partial charge is 0.197 e. The lowest BCUT2D eigenvalue weighted by Crippen LogP contribution is -1.87. The third kappa shape index (κ3) is 1.51. The highest BCUT2D eigenvalue weighted by Gasteiger charge is 2.00. The van der Waals surface area contributed by atoms with E-state index in [9.17, 15) is 4.79 Å². The van der Waals surface area contributed by atoms with Crippen molar-refractivity contribution in [3.63, 3.8) is 0 Å². The molecule has 0 atom stereocenters. The van der Waals surface area contributed by atoms with E-state index >= 15 is 0 Å². The van der Waals surface area contributed by atoms with E-state index in [1.807, 2.05) is 6.92 Å². The summed E-state index contributed by atoms with van der Waals surface area (Å²) in [5.74, 6) is 0.0324. The topological polar surface area (TPSA) is 30.0 Å². The van der Waals surface area contributed by atoms with Gasteiger partial charge in [0.15, 0.2) is 5.78 Å². The monoisotopic (exact) mass is 153 g/mol. The molecule has 0 aliphatic heterocycles. The van der Waals surface area contributed by atoms with Crippen LogP contribution in [0.15, 0.2) is 23.9 Å². The summed E-state index contributed by atoms with van der Waals surface area (Å²) in [4.78, 5) is 15.5. The molecular weight excluding hydrogens is 146 g/mol. The maximum Gasteiger partial charge on any atom is 0.197 e. The van der Waals surface area contributed by atoms with Crippen molar-refractivity contribution in [3.05, 3.63) is 28.7 Å². The van der Waals surface area contributed by atoms with Crippen molar-refractivity contribution < 1.29 is 4.79 Å². The van der Waals surface area contributed by atoms with Crippen molar-refractivity contribution in [2.45, 2.75) is 6.92 Å². The van der Waals surface area contributed by atoms with E-state index in [-0.39, 0.29) is 5.78 Å². The van der Waals surface area contributed by atoms with Gasteiger partial charge >= 0.3 is 0 Å². The summed E-state index contributed by atoms with van der Waals surface area (Å²) >= 11 is 1.36. The minimum Gasteiger partial charge on any atom is -0.288 e. The second kappa shape index (κ2) is 3.27. The van der Waals surface area contributed by atoms with E-state index in [2.05, 4.69) is 4.98 Å². The fourth-order valence-corrected chi connectivity index (χ4v) is 1.11. The molecule has 3 heteroatoms. The van der Waals surface area contributed by atoms with Gasteiger partial charge in [-0.15, -0.1) is 11.3 Å². The van der Waals surface area contributed by atoms with Crippen LogP contribution in [0.25, 0.3) is 0 Å². The average molecular weight is 153 g/mol. The summed E-state index contributed by atoms with van der Waals surface area (Å²) in [6, 6.07) is 0. The molecule has 1 heterocycles. The SMILES string of the molecule is C/C=C/C(=O)c1cncs1. The first kappa shape index (κ1) is 7.15. The first-order valence-electron chi connectivity index (χ1n) is 2.90. The van der Waals surface area contributed by atoms with E-state index < -0.39 is 0 Å². The molecule has 2 nitrogen and oxygen atoms in total. The van der Waals surface area contributed by atoms with Crippen LogP contribution >= 0.6 is 11.3 Å². The Balaban J connectivity index is 2.78. The van der Waals surface area contributed by atoms with Crippen molar-refractivity contribution in [1.29, 1.82) is 0 Å². The lowest BCUT2D eigenvalue weighted by atomic mass is 10.3. The van der Waals surface area contributed by atoms with Crippen LogP contribution in [-0.2, 0) is 0 Å². The third-order valence-electron chi connectivity index (χ3n) is 0.993. The van der Waals surface area contributed by atoms with Gasteiger partial charge in [-0.1, -0.05) is 6.08 Å². The van der Waals surface area contributed by atoms with Crippen molar-refractivity contribution in [1.82, 2.24) is 4.98 Å². The lowest BCUT2D eigenvalue weighted by molar-refractivity contribution is 0.105. The van der Waals surface area contributed by atoms with Crippen LogP contribution in [0.5, 0.6) is 0 Å². The number of nitrogens with zero attached hydrogens (tertiary/aromatic N) is 1. The number of rotatable bonds is 2. The van der Waals surface area contributed by atoms with E-state index in [1.165, 1.54) is 17.4 Å². The zero-order valence-corrected chi connectivity index (χ0v) is 6.39. The van der Waals surface area contributed by atoms with Gasteiger partial charge < -0.3 is 0 Å². The molecular formula is C7H7NOS. The zero-order valence-electron chi connectivity index (χ0n) is 5.57. The Morgan fingerprint density at radius 1 is 1.80 bits per heavy atom. The van der Waals surface area contributed by atoms with E-state index in [1.54, 1.807) is 17.8 Å². The highest BCUT2D eigenvalue weighted by molar-refractivity contribution is 7.11. The number of carbonyl (C=O) groups excluding carboxylic acids is 1. The van der Waals surface area contributed by atoms with Gasteiger partial charge in [-0.3, -0.25) is 9.78 Å². The summed E-state index contributed by atoms with van der Waals surface area (Å²) in [6.45, 7) is 1.82. The van der Waals surface area contributed by atoms with E-state index in [0.717, 1.165) is 0 Å². The van der Waals surface area contributed by atoms with Gasteiger partial charge in [-0.2, -0.15) is 0 Å². The predicted molar refractivity (Wildman–Crippen MR) is 41.3 cm³/mol. The summed E-state index contributed by atoms with van der Waals surface area (Å²) in [6.07, 6.45) is 4.84. The number of allylic oxidation sites excluding steroid dienone is 2. The molecule has 1 aromatic rings. The van der Waals surface area contributed by atoms with E-state index in [4.69, 9.17) is 0 Å². The zero-order chi connectivity index (χ0) is 7.40. The lowest BCUT2D eigenvalue weighted by Gasteiger charge is -1.82. The van der Waals surface area contributed by atoms with Crippen molar-refractivity contribution >= 4 is 17.1 Å². The van der Waals surface area contributed by atoms with Crippen LogP contribution in [0.3, 0.4) is 0 Å². The van der Waals surface area contributed by atoms with Gasteiger partial charge in [-0.25, -0.2) is 0 Å². The fraction of sp³-hybridized carbons (Fsp3) is 0.143. The second-order valence-corrected chi connectivity index (χ2v) is 2.62. The molecule has 0 saturated heterocycles. The molecule has 0 fully saturated rings. The standard InChI is InChI=1S/C7H7NOS/c1-2-3-6(9)7-4-8-5-10-7/h2-5H,1H3/b3-2+. The molecule has 0 radical (unpaired) electrons. The first-order valence-corrected chi connectivity index (χ1v) is 3.78. The quantitative estimate of drug-likeness (QED) is 0.480. The molecule has 0 N–H and O–H groups in total. The molecule has 52 valence electrons. The molecule has 0 spiro atoms. The minimum atomic E-state index is 0.0324. The fourth-order valence-electron chi connectivity index (χ4n) is 0.571. The Morgan fingerprint density at radius 3 is 3.10 bits per heavy atom. The molecule has 0 unspecified atom stereocenters. The Hall–Kier alpha value is -0.960. The Labute approximate surface area is 63.2 Å². The molecule has 0 aliphatic rings. The number of ketones is 1. The molecule has 0 saturated carbocycles. The average Bonchev–Trinajstić information content (AvgIpc) is 2.38. The molecule has 1 aromatic heterocycles. The van der Waals surface area contributed by atoms with Crippen molar-refractivity contribution in [2.24, 2.45) is 0 Å². The second-order valence-electron chi connectivity index (χ2n) is 1.73. The highest BCUT2D eigenvalue weighted by Crippen LogP contribution is 2.06. The highest BCUT2D eigenvalue weighted by atomic mass is 32.1. The van der Waals surface area contributed by atoms with Gasteiger partial charge in [0, 0.05) is 6.20 Å². The third-order valence-corrected chi connectivity index (χ3v) is 1.78. The molecule has 1 rings (SSSR count). The van der Waals surface area contributed by atoms with Crippen molar-refractivity contribution in [3.8, 4) is 0 Å². The largest absolute Gasteiger partial charge is 0.288 e. The number of thiazole rings is 1. The maximum atomic E-state index is 11.0. The van der Waals surface area contributed by atoms with Gasteiger partial charge in [0.25, 0.3) is 0 Å². The summed E-state index contributed by atoms with van der Waals surface area (Å²) in [5, 5.41) is 0. The maximum absolute atomic E-state index is 11.0. The van der Waals surface area contributed by atoms with Crippen LogP contribution in [0.4, 0.5) is 0 Å². The number of hydrogen-bond donors (Lipinski definition) is 0. The number of hydrogen-bond acceptors (Lipinski definition) is 3. The van der Waals surface area contributed by atoms with Gasteiger partial charge in [0.05, 0.1) is 10.4 Å². The molecule has 10 heavy (non-hydrogen) atoms. The van der Waals surface area contributed by atoms with Crippen molar-refractivity contribution in [2.75, 3.05) is 0 Å². The molecule has 0 amide bonds. The van der Waals surface area contributed by atoms with E-state index in [0.29, 0.717) is 4.88 Å². The van der Waals surface area contributed by atoms with Crippen LogP contribution in [0.1, 0.15) is 16.6 Å². The Bertz CT molecular complexity index is 238. The summed E-state index contributed by atoms with van der Waals surface area (Å²) in [7, 11) is 0. The van der Waals surface area contributed by atoms with Crippen LogP contribution < -0.4 is 0 Å². The minimum absolute atomic E-state index is 0.0324. The van der Waals surface area contributed by atoms with Crippen LogP contribution in [0.2, 0.25) is 0 Å². The molecule has 0 aromatic carbocycles. The predicted octanol–water partition coefficient (Wildman–Crippen LogP) is 1.90. The Morgan fingerprint density at radius 2 is 2.60 bits per heavy atom. The Kier molecular flexibility index (Phi) is 2.34. The van der Waals surface area contributed by atoms with Crippen LogP contribution in [-0.4, -0.2) is 10.8 Å². The first-order chi connectivity index (χ1) is 4.84. The van der Waals surface area contributed by atoms with Gasteiger partial charge in [0.2, 0.25) is 0 Å². The van der Waals surface area contributed by atoms with Crippen LogP contribution in [0, 0.1) is 0 Å². The molecule has 0 bridgehead atoms. The number of aromatic nitrogens is 1. The van der Waals surface area contributed by atoms with Gasteiger partial charge in [0.1, 0.15) is 0 Å².